The minimum absolute atomic E-state index is 0.0647. The van der Waals surface area contributed by atoms with Gasteiger partial charge in [0, 0.05) is 13.2 Å². The van der Waals surface area contributed by atoms with Gasteiger partial charge in [-0.25, -0.2) is 0 Å². The maximum Gasteiger partial charge on any atom is 0.0786 e. The fraction of sp³-hybridized carbons (Fsp3) is 1.00. The zero-order chi connectivity index (χ0) is 11.0. The highest BCUT2D eigenvalue weighted by molar-refractivity contribution is 4.77. The van der Waals surface area contributed by atoms with Crippen LogP contribution in [0.25, 0.3) is 0 Å². The molecule has 86 valence electrons. The first-order valence-corrected chi connectivity index (χ1v) is 5.32. The van der Waals surface area contributed by atoms with Gasteiger partial charge in [-0.1, -0.05) is 13.8 Å². The molecule has 2 atom stereocenters. The van der Waals surface area contributed by atoms with Gasteiger partial charge in [0.25, 0.3) is 0 Å². The van der Waals surface area contributed by atoms with E-state index in [1.54, 1.807) is 0 Å². The van der Waals surface area contributed by atoms with Crippen LogP contribution in [0.15, 0.2) is 0 Å². The van der Waals surface area contributed by atoms with Crippen LogP contribution in [0, 0.1) is 5.92 Å². The molecule has 0 fully saturated rings. The molecule has 0 bridgehead atoms. The summed E-state index contributed by atoms with van der Waals surface area (Å²) in [6.07, 6.45) is 0.108. The Morgan fingerprint density at radius 2 is 1.86 bits per heavy atom. The van der Waals surface area contributed by atoms with Crippen LogP contribution in [0.1, 0.15) is 27.7 Å². The molecule has 0 aromatic rings. The van der Waals surface area contributed by atoms with Crippen molar-refractivity contribution in [3.05, 3.63) is 0 Å². The lowest BCUT2D eigenvalue weighted by molar-refractivity contribution is -0.0221. The van der Waals surface area contributed by atoms with Crippen molar-refractivity contribution in [1.29, 1.82) is 0 Å². The van der Waals surface area contributed by atoms with Gasteiger partial charge in [0.1, 0.15) is 0 Å². The van der Waals surface area contributed by atoms with E-state index in [1.165, 1.54) is 0 Å². The lowest BCUT2D eigenvalue weighted by atomic mass is 10.0. The molecule has 0 heterocycles. The Kier molecular flexibility index (Phi) is 8.08. The Labute approximate surface area is 87.1 Å². The van der Waals surface area contributed by atoms with Crippen molar-refractivity contribution < 1.29 is 9.47 Å². The summed E-state index contributed by atoms with van der Waals surface area (Å²) in [6.45, 7) is 10.2. The molecular weight excluding hydrogens is 180 g/mol. The van der Waals surface area contributed by atoms with E-state index < -0.39 is 0 Å². The monoisotopic (exact) mass is 204 g/mol. The number of ether oxygens (including phenoxy) is 2. The molecule has 0 radical (unpaired) electrons. The first-order chi connectivity index (χ1) is 6.67. The SMILES string of the molecule is CCOCC(NN)C(OCC)C(C)C. The molecule has 2 unspecified atom stereocenters. The molecule has 3 N–H and O–H groups in total. The van der Waals surface area contributed by atoms with Crippen LogP contribution < -0.4 is 11.3 Å². The van der Waals surface area contributed by atoms with Gasteiger partial charge in [-0.15, -0.1) is 0 Å². The quantitative estimate of drug-likeness (QED) is 0.456. The van der Waals surface area contributed by atoms with E-state index in [4.69, 9.17) is 15.3 Å². The van der Waals surface area contributed by atoms with Crippen LogP contribution in [-0.2, 0) is 9.47 Å². The molecule has 0 rings (SSSR count). The van der Waals surface area contributed by atoms with Crippen molar-refractivity contribution in [2.24, 2.45) is 11.8 Å². The van der Waals surface area contributed by atoms with Crippen LogP contribution in [0.5, 0.6) is 0 Å². The number of rotatable bonds is 8. The normalized spacial score (nSPS) is 15.9. The minimum Gasteiger partial charge on any atom is -0.380 e. The summed E-state index contributed by atoms with van der Waals surface area (Å²) in [4.78, 5) is 0. The van der Waals surface area contributed by atoms with E-state index >= 15 is 0 Å². The summed E-state index contributed by atoms with van der Waals surface area (Å²) < 4.78 is 11.0. The Balaban J connectivity index is 4.11. The topological polar surface area (TPSA) is 56.5 Å². The van der Waals surface area contributed by atoms with Gasteiger partial charge >= 0.3 is 0 Å². The number of nitrogens with one attached hydrogen (secondary N) is 1. The summed E-state index contributed by atoms with van der Waals surface area (Å²) in [5.41, 5.74) is 2.75. The van der Waals surface area contributed by atoms with E-state index in [2.05, 4.69) is 19.3 Å². The molecule has 14 heavy (non-hydrogen) atoms. The van der Waals surface area contributed by atoms with Gasteiger partial charge in [0.2, 0.25) is 0 Å². The van der Waals surface area contributed by atoms with Crippen molar-refractivity contribution in [3.63, 3.8) is 0 Å². The van der Waals surface area contributed by atoms with Crippen molar-refractivity contribution in [1.82, 2.24) is 5.43 Å². The van der Waals surface area contributed by atoms with Crippen molar-refractivity contribution in [3.8, 4) is 0 Å². The highest BCUT2D eigenvalue weighted by atomic mass is 16.5. The van der Waals surface area contributed by atoms with Gasteiger partial charge in [0.15, 0.2) is 0 Å². The van der Waals surface area contributed by atoms with E-state index in [-0.39, 0.29) is 12.1 Å². The van der Waals surface area contributed by atoms with Crippen LogP contribution in [0.4, 0.5) is 0 Å². The molecule has 0 saturated heterocycles. The van der Waals surface area contributed by atoms with Crippen LogP contribution in [-0.4, -0.2) is 32.0 Å². The standard InChI is InChI=1S/C10H24N2O2/c1-5-13-7-9(12-11)10(8(3)4)14-6-2/h8-10,12H,5-7,11H2,1-4H3. The highest BCUT2D eigenvalue weighted by Gasteiger charge is 2.23. The molecule has 0 aliphatic rings. The summed E-state index contributed by atoms with van der Waals surface area (Å²) in [6, 6.07) is 0.0647. The van der Waals surface area contributed by atoms with Crippen molar-refractivity contribution >= 4 is 0 Å². The van der Waals surface area contributed by atoms with E-state index in [1.807, 2.05) is 13.8 Å². The zero-order valence-electron chi connectivity index (χ0n) is 9.75. The zero-order valence-corrected chi connectivity index (χ0v) is 9.75. The largest absolute Gasteiger partial charge is 0.380 e. The predicted octanol–water partition coefficient (Wildman–Crippen LogP) is 0.916. The number of hydrogen-bond donors (Lipinski definition) is 2. The summed E-state index contributed by atoms with van der Waals surface area (Å²) >= 11 is 0. The fourth-order valence-corrected chi connectivity index (χ4v) is 1.45. The lowest BCUT2D eigenvalue weighted by Crippen LogP contribution is -2.50. The van der Waals surface area contributed by atoms with Gasteiger partial charge in [-0.2, -0.15) is 0 Å². The molecule has 0 aliphatic carbocycles. The molecular formula is C10H24N2O2. The summed E-state index contributed by atoms with van der Waals surface area (Å²) in [7, 11) is 0. The highest BCUT2D eigenvalue weighted by Crippen LogP contribution is 2.11. The maximum atomic E-state index is 5.63. The minimum atomic E-state index is 0.0647. The van der Waals surface area contributed by atoms with Crippen molar-refractivity contribution in [2.45, 2.75) is 39.8 Å². The second-order valence-electron chi connectivity index (χ2n) is 3.60. The molecule has 0 aromatic carbocycles. The first-order valence-electron chi connectivity index (χ1n) is 5.32. The molecule has 0 aliphatic heterocycles. The Morgan fingerprint density at radius 3 is 2.21 bits per heavy atom. The Bertz CT molecular complexity index is 131. The maximum absolute atomic E-state index is 5.63. The fourth-order valence-electron chi connectivity index (χ4n) is 1.45. The summed E-state index contributed by atoms with van der Waals surface area (Å²) in [5.74, 6) is 5.90. The van der Waals surface area contributed by atoms with Gasteiger partial charge in [0.05, 0.1) is 18.8 Å². The number of hydrazine groups is 1. The molecule has 0 amide bonds. The lowest BCUT2D eigenvalue weighted by Gasteiger charge is -2.29. The van der Waals surface area contributed by atoms with Crippen LogP contribution in [0.3, 0.4) is 0 Å². The Hall–Kier alpha value is -0.160. The van der Waals surface area contributed by atoms with Crippen LogP contribution >= 0.6 is 0 Å². The molecule has 4 nitrogen and oxygen atoms in total. The third-order valence-corrected chi connectivity index (χ3v) is 2.13. The molecule has 0 saturated carbocycles. The molecule has 0 aromatic heterocycles. The van der Waals surface area contributed by atoms with E-state index in [9.17, 15) is 0 Å². The van der Waals surface area contributed by atoms with Gasteiger partial charge in [-0.05, 0) is 19.8 Å². The third-order valence-electron chi connectivity index (χ3n) is 2.13. The first kappa shape index (κ1) is 13.8. The third kappa shape index (κ3) is 4.91. The van der Waals surface area contributed by atoms with Crippen molar-refractivity contribution in [2.75, 3.05) is 19.8 Å². The van der Waals surface area contributed by atoms with Gasteiger partial charge in [-0.3, -0.25) is 11.3 Å². The smallest absolute Gasteiger partial charge is 0.0786 e. The van der Waals surface area contributed by atoms with Crippen LogP contribution in [0.2, 0.25) is 0 Å². The Morgan fingerprint density at radius 1 is 1.21 bits per heavy atom. The second kappa shape index (κ2) is 8.17. The number of nitrogens with two attached hydrogens (primary N) is 1. The predicted molar refractivity (Wildman–Crippen MR) is 57.9 cm³/mol. The molecule has 0 spiro atoms. The average Bonchev–Trinajstić information content (AvgIpc) is 2.17. The second-order valence-corrected chi connectivity index (χ2v) is 3.60. The number of hydrogen-bond acceptors (Lipinski definition) is 4. The summed E-state index contributed by atoms with van der Waals surface area (Å²) in [5, 5.41) is 0. The van der Waals surface area contributed by atoms with E-state index in [0.29, 0.717) is 25.7 Å². The molecule has 4 heteroatoms. The van der Waals surface area contributed by atoms with E-state index in [0.717, 1.165) is 0 Å². The van der Waals surface area contributed by atoms with Gasteiger partial charge < -0.3 is 9.47 Å². The average molecular weight is 204 g/mol.